The molecule has 2 bridgehead atoms. The first-order chi connectivity index (χ1) is 15.3. The normalized spacial score (nSPS) is 33.9. The maximum atomic E-state index is 13.9. The summed E-state index contributed by atoms with van der Waals surface area (Å²) in [5.41, 5.74) is 1.12. The smallest absolute Gasteiger partial charge is 0.251 e. The third kappa shape index (κ3) is 2.51. The van der Waals surface area contributed by atoms with Crippen molar-refractivity contribution in [3.63, 3.8) is 0 Å². The van der Waals surface area contributed by atoms with Gasteiger partial charge in [0, 0.05) is 41.5 Å². The average molecular weight is 461 g/mol. The summed E-state index contributed by atoms with van der Waals surface area (Å²) in [7, 11) is 0. The summed E-state index contributed by atoms with van der Waals surface area (Å²) < 4.78 is 20.2. The molecule has 32 heavy (non-hydrogen) atoms. The fraction of sp³-hybridized carbons (Fsp3) is 0.435. The quantitative estimate of drug-likeness (QED) is 0.404. The van der Waals surface area contributed by atoms with Crippen molar-refractivity contribution in [3.05, 3.63) is 57.0 Å². The zero-order valence-corrected chi connectivity index (χ0v) is 17.8. The molecular weight excluding hydrogens is 439 g/mol. The van der Waals surface area contributed by atoms with E-state index in [0.717, 1.165) is 18.1 Å². The van der Waals surface area contributed by atoms with E-state index >= 15 is 0 Å². The number of piperidine rings is 1. The van der Waals surface area contributed by atoms with E-state index in [1.165, 1.54) is 18.2 Å². The second-order valence-electron chi connectivity index (χ2n) is 9.34. The molecule has 6 atom stereocenters. The van der Waals surface area contributed by atoms with Crippen LogP contribution in [0.3, 0.4) is 0 Å². The van der Waals surface area contributed by atoms with Gasteiger partial charge in [0.2, 0.25) is 0 Å². The van der Waals surface area contributed by atoms with Gasteiger partial charge in [-0.15, -0.1) is 0 Å². The molecule has 0 aromatic heterocycles. The van der Waals surface area contributed by atoms with Gasteiger partial charge in [-0.2, -0.15) is 0 Å². The van der Waals surface area contributed by atoms with Crippen molar-refractivity contribution in [1.82, 2.24) is 5.32 Å². The average Bonchev–Trinajstić information content (AvgIpc) is 3.09. The highest BCUT2D eigenvalue weighted by molar-refractivity contribution is 6.30. The number of phenols is 2. The number of nitrogens with one attached hydrogen (secondary N) is 2. The number of hydrogen-bond acceptors (Lipinski definition) is 5. The molecule has 1 saturated carbocycles. The predicted octanol–water partition coefficient (Wildman–Crippen LogP) is 1.81. The number of aromatic hydroxyl groups is 2. The molecule has 2 aliphatic heterocycles. The van der Waals surface area contributed by atoms with Crippen molar-refractivity contribution >= 4 is 17.5 Å². The van der Waals surface area contributed by atoms with E-state index in [-0.39, 0.29) is 45.1 Å². The van der Waals surface area contributed by atoms with E-state index in [0.29, 0.717) is 37.1 Å². The SMILES string of the molecule is O=C(N[C@@H]1CC[C@H]2[C@H]3Cc4c(O)c(O)cc5c4[C@@]2(CC[NH+]3[O-])[C@H]1O5)c1ccc(Cl)c(F)c1. The molecule has 1 saturated heterocycles. The second kappa shape index (κ2) is 6.73. The minimum Gasteiger partial charge on any atom is -0.634 e. The molecule has 4 aliphatic rings. The third-order valence-corrected chi connectivity index (χ3v) is 8.30. The zero-order chi connectivity index (χ0) is 22.4. The minimum absolute atomic E-state index is 0.0530. The maximum absolute atomic E-state index is 13.9. The largest absolute Gasteiger partial charge is 0.634 e. The van der Waals surface area contributed by atoms with Crippen molar-refractivity contribution in [1.29, 1.82) is 0 Å². The first kappa shape index (κ1) is 20.1. The van der Waals surface area contributed by atoms with E-state index in [9.17, 15) is 24.6 Å². The van der Waals surface area contributed by atoms with Crippen molar-refractivity contribution in [2.45, 2.75) is 49.3 Å². The summed E-state index contributed by atoms with van der Waals surface area (Å²) in [6.45, 7) is 0.421. The van der Waals surface area contributed by atoms with E-state index in [4.69, 9.17) is 16.3 Å². The van der Waals surface area contributed by atoms with Gasteiger partial charge in [-0.25, -0.2) is 4.39 Å². The Morgan fingerprint density at radius 3 is 2.91 bits per heavy atom. The van der Waals surface area contributed by atoms with Crippen LogP contribution in [0.15, 0.2) is 24.3 Å². The zero-order valence-electron chi connectivity index (χ0n) is 17.0. The van der Waals surface area contributed by atoms with Gasteiger partial charge in [-0.1, -0.05) is 11.6 Å². The summed E-state index contributed by atoms with van der Waals surface area (Å²) in [5, 5.41) is 36.8. The molecule has 1 unspecified atom stereocenters. The molecule has 9 heteroatoms. The van der Waals surface area contributed by atoms with Crippen LogP contribution in [-0.2, 0) is 11.8 Å². The van der Waals surface area contributed by atoms with Crippen molar-refractivity contribution in [3.8, 4) is 17.2 Å². The Morgan fingerprint density at radius 2 is 2.12 bits per heavy atom. The fourth-order valence-corrected chi connectivity index (χ4v) is 6.86. The number of phenolic OH excluding ortho intramolecular Hbond substituents is 2. The monoisotopic (exact) mass is 460 g/mol. The van der Waals surface area contributed by atoms with Gasteiger partial charge in [0.1, 0.15) is 17.7 Å². The number of hydrogen-bond donors (Lipinski definition) is 4. The van der Waals surface area contributed by atoms with Gasteiger partial charge in [0.25, 0.3) is 5.91 Å². The molecule has 2 aliphatic carbocycles. The lowest BCUT2D eigenvalue weighted by molar-refractivity contribution is -0.889. The van der Waals surface area contributed by atoms with Gasteiger partial charge in [0.15, 0.2) is 11.5 Å². The van der Waals surface area contributed by atoms with Gasteiger partial charge >= 0.3 is 0 Å². The lowest BCUT2D eigenvalue weighted by Gasteiger charge is -2.58. The van der Waals surface area contributed by atoms with Crippen LogP contribution in [0, 0.1) is 16.9 Å². The fourth-order valence-electron chi connectivity index (χ4n) is 6.74. The van der Waals surface area contributed by atoms with E-state index in [1.54, 1.807) is 0 Å². The molecule has 2 fully saturated rings. The highest BCUT2D eigenvalue weighted by Gasteiger charge is 2.67. The first-order valence-electron chi connectivity index (χ1n) is 10.8. The van der Waals surface area contributed by atoms with Crippen molar-refractivity contribution < 1.29 is 29.2 Å². The first-order valence-corrected chi connectivity index (χ1v) is 11.2. The van der Waals surface area contributed by atoms with Gasteiger partial charge < -0.3 is 30.5 Å². The number of carbonyl (C=O) groups is 1. The molecule has 0 radical (unpaired) electrons. The number of amides is 1. The molecule has 6 rings (SSSR count). The predicted molar refractivity (Wildman–Crippen MR) is 113 cm³/mol. The molecule has 2 aromatic carbocycles. The van der Waals surface area contributed by atoms with Crippen LogP contribution >= 0.6 is 11.6 Å². The summed E-state index contributed by atoms with van der Waals surface area (Å²) in [6, 6.07) is 4.76. The molecule has 168 valence electrons. The highest BCUT2D eigenvalue weighted by atomic mass is 35.5. The van der Waals surface area contributed by atoms with E-state index in [1.807, 2.05) is 0 Å². The lowest BCUT2D eigenvalue weighted by Crippen LogP contribution is -3.15. The number of carbonyl (C=O) groups excluding carboxylic acids is 1. The Hall–Kier alpha value is -2.55. The second-order valence-corrected chi connectivity index (χ2v) is 9.75. The number of halogens is 2. The third-order valence-electron chi connectivity index (χ3n) is 7.99. The molecule has 2 heterocycles. The van der Waals surface area contributed by atoms with Crippen LogP contribution in [0.2, 0.25) is 5.02 Å². The number of quaternary nitrogens is 1. The lowest BCUT2D eigenvalue weighted by atomic mass is 9.51. The summed E-state index contributed by atoms with van der Waals surface area (Å²) >= 11 is 5.74. The van der Waals surface area contributed by atoms with Crippen molar-refractivity contribution in [2.24, 2.45) is 5.92 Å². The van der Waals surface area contributed by atoms with Gasteiger partial charge in [0.05, 0.1) is 29.1 Å². The Labute approximate surface area is 188 Å². The van der Waals surface area contributed by atoms with Crippen LogP contribution in [0.5, 0.6) is 17.2 Å². The molecular formula is C23H22ClFN2O5. The van der Waals surface area contributed by atoms with E-state index < -0.39 is 23.2 Å². The van der Waals surface area contributed by atoms with Crippen LogP contribution in [0.1, 0.15) is 40.7 Å². The summed E-state index contributed by atoms with van der Waals surface area (Å²) in [6.07, 6.45) is 1.88. The van der Waals surface area contributed by atoms with Crippen LogP contribution in [-0.4, -0.2) is 40.9 Å². The van der Waals surface area contributed by atoms with Crippen LogP contribution in [0.4, 0.5) is 4.39 Å². The number of rotatable bonds is 2. The molecule has 1 spiro atoms. The van der Waals surface area contributed by atoms with Crippen molar-refractivity contribution in [2.75, 3.05) is 6.54 Å². The molecule has 1 amide bonds. The van der Waals surface area contributed by atoms with E-state index in [2.05, 4.69) is 5.32 Å². The molecule has 2 aromatic rings. The molecule has 7 nitrogen and oxygen atoms in total. The topological polar surface area (TPSA) is 106 Å². The summed E-state index contributed by atoms with van der Waals surface area (Å²) in [4.78, 5) is 12.9. The summed E-state index contributed by atoms with van der Waals surface area (Å²) in [5.74, 6) is -0.972. The standard InChI is InChI=1S/C23H22ClFN2O5/c24-13-3-1-10(7-14(13)25)22(30)26-15-4-2-12-16-8-11-19-18(9-17(28)20(11)29)32-21(15)23(12,19)5-6-27(16)31/h1,3,7,9,12,15-16,21,27-29H,2,4-6,8H2,(H,26,30)/t12-,15+,16+,21-,23-/m0/s1. The number of hydroxylamine groups is 2. The number of ether oxygens (including phenoxy) is 1. The number of benzene rings is 2. The maximum Gasteiger partial charge on any atom is 0.251 e. The minimum atomic E-state index is -0.664. The molecule has 4 N–H and O–H groups in total. The van der Waals surface area contributed by atoms with Crippen LogP contribution in [0.25, 0.3) is 0 Å². The van der Waals surface area contributed by atoms with Gasteiger partial charge in [-0.3, -0.25) is 4.79 Å². The Bertz CT molecular complexity index is 1160. The Morgan fingerprint density at radius 1 is 1.31 bits per heavy atom. The highest BCUT2D eigenvalue weighted by Crippen LogP contribution is 2.62. The van der Waals surface area contributed by atoms with Crippen LogP contribution < -0.4 is 15.1 Å². The Balaban J connectivity index is 1.40. The Kier molecular flexibility index (Phi) is 4.22. The van der Waals surface area contributed by atoms with Gasteiger partial charge in [-0.05, 0) is 31.0 Å².